The molecule has 0 saturated carbocycles. The molecule has 1 heterocycles. The van der Waals surface area contributed by atoms with Gasteiger partial charge in [0, 0.05) is 19.5 Å². The molecule has 1 N–H and O–H groups in total. The van der Waals surface area contributed by atoms with Crippen LogP contribution < -0.4 is 5.32 Å². The van der Waals surface area contributed by atoms with E-state index < -0.39 is 0 Å². The molecule has 3 nitrogen and oxygen atoms in total. The summed E-state index contributed by atoms with van der Waals surface area (Å²) in [4.78, 5) is 0. The Labute approximate surface area is 61.0 Å². The van der Waals surface area contributed by atoms with Crippen LogP contribution in [-0.2, 0) is 4.74 Å². The maximum Gasteiger partial charge on any atom is 0.0709 e. The van der Waals surface area contributed by atoms with E-state index in [1.165, 1.54) is 0 Å². The topological polar surface area (TPSA) is 45.0 Å². The van der Waals surface area contributed by atoms with E-state index in [4.69, 9.17) is 10.00 Å². The zero-order chi connectivity index (χ0) is 7.23. The summed E-state index contributed by atoms with van der Waals surface area (Å²) in [5.41, 5.74) is 0. The van der Waals surface area contributed by atoms with E-state index in [9.17, 15) is 0 Å². The molecule has 0 amide bonds. The molecule has 56 valence electrons. The van der Waals surface area contributed by atoms with Gasteiger partial charge in [-0.2, -0.15) is 5.26 Å². The number of nitriles is 1. The molecule has 0 aromatic heterocycles. The van der Waals surface area contributed by atoms with Crippen LogP contribution in [0.2, 0.25) is 0 Å². The molecule has 1 fully saturated rings. The summed E-state index contributed by atoms with van der Waals surface area (Å²) in [7, 11) is 0. The summed E-state index contributed by atoms with van der Waals surface area (Å²) in [6.45, 7) is 2.64. The fraction of sp³-hybridized carbons (Fsp3) is 0.857. The maximum atomic E-state index is 8.27. The minimum absolute atomic E-state index is 0.272. The van der Waals surface area contributed by atoms with Crippen molar-refractivity contribution in [1.82, 2.24) is 5.32 Å². The van der Waals surface area contributed by atoms with Gasteiger partial charge in [-0.05, 0) is 6.42 Å². The molecular formula is C7H12N2O. The van der Waals surface area contributed by atoms with Crippen LogP contribution in [0, 0.1) is 11.3 Å². The fourth-order valence-electron chi connectivity index (χ4n) is 1.03. The summed E-state index contributed by atoms with van der Waals surface area (Å²) in [6, 6.07) is 2.11. The Bertz CT molecular complexity index is 124. The van der Waals surface area contributed by atoms with E-state index in [0.29, 0.717) is 6.42 Å². The number of nitrogens with one attached hydrogen (secondary N) is 1. The minimum Gasteiger partial charge on any atom is -0.376 e. The third-order valence-electron chi connectivity index (χ3n) is 1.58. The summed E-state index contributed by atoms with van der Waals surface area (Å²) in [5.74, 6) is 0. The molecule has 1 aliphatic heterocycles. The van der Waals surface area contributed by atoms with Gasteiger partial charge in [-0.3, -0.25) is 0 Å². The standard InChI is InChI=1S/C7H12N2O/c8-3-1-2-7-6-9-4-5-10-7/h7,9H,1-2,4-6H2. The predicted molar refractivity (Wildman–Crippen MR) is 37.5 cm³/mol. The Morgan fingerprint density at radius 1 is 1.70 bits per heavy atom. The second-order valence-corrected chi connectivity index (χ2v) is 2.39. The highest BCUT2D eigenvalue weighted by Crippen LogP contribution is 2.02. The smallest absolute Gasteiger partial charge is 0.0709 e. The van der Waals surface area contributed by atoms with E-state index in [2.05, 4.69) is 11.4 Å². The van der Waals surface area contributed by atoms with Crippen molar-refractivity contribution in [3.8, 4) is 6.07 Å². The third kappa shape index (κ3) is 2.34. The first-order valence-corrected chi connectivity index (χ1v) is 3.63. The molecule has 0 bridgehead atoms. The Morgan fingerprint density at radius 2 is 2.60 bits per heavy atom. The van der Waals surface area contributed by atoms with Crippen LogP contribution in [0.4, 0.5) is 0 Å². The van der Waals surface area contributed by atoms with Crippen LogP contribution in [0.15, 0.2) is 0 Å². The molecule has 3 heteroatoms. The Kier molecular flexibility index (Phi) is 3.20. The Hall–Kier alpha value is -0.590. The van der Waals surface area contributed by atoms with E-state index in [0.717, 1.165) is 26.1 Å². The van der Waals surface area contributed by atoms with Gasteiger partial charge in [0.25, 0.3) is 0 Å². The molecule has 1 atom stereocenters. The largest absolute Gasteiger partial charge is 0.376 e. The second-order valence-electron chi connectivity index (χ2n) is 2.39. The lowest BCUT2D eigenvalue weighted by atomic mass is 10.2. The lowest BCUT2D eigenvalue weighted by Crippen LogP contribution is -2.38. The predicted octanol–water partition coefficient (Wildman–Crippen LogP) is 0.279. The summed E-state index contributed by atoms with van der Waals surface area (Å²) in [6.07, 6.45) is 1.74. The molecule has 1 rings (SSSR count). The van der Waals surface area contributed by atoms with Crippen LogP contribution in [0.5, 0.6) is 0 Å². The van der Waals surface area contributed by atoms with E-state index >= 15 is 0 Å². The average Bonchev–Trinajstić information content (AvgIpc) is 2.03. The van der Waals surface area contributed by atoms with Crippen LogP contribution in [0.25, 0.3) is 0 Å². The van der Waals surface area contributed by atoms with Crippen LogP contribution >= 0.6 is 0 Å². The zero-order valence-electron chi connectivity index (χ0n) is 5.97. The molecule has 0 aromatic rings. The molecule has 1 saturated heterocycles. The van der Waals surface area contributed by atoms with Crippen molar-refractivity contribution in [2.24, 2.45) is 0 Å². The van der Waals surface area contributed by atoms with Gasteiger partial charge in [-0.25, -0.2) is 0 Å². The van der Waals surface area contributed by atoms with Crippen molar-refractivity contribution in [2.75, 3.05) is 19.7 Å². The number of rotatable bonds is 2. The van der Waals surface area contributed by atoms with Crippen molar-refractivity contribution in [1.29, 1.82) is 5.26 Å². The molecule has 0 aromatic carbocycles. The molecule has 10 heavy (non-hydrogen) atoms. The van der Waals surface area contributed by atoms with Gasteiger partial charge in [0.1, 0.15) is 0 Å². The average molecular weight is 140 g/mol. The van der Waals surface area contributed by atoms with Gasteiger partial charge in [0.2, 0.25) is 0 Å². The first-order chi connectivity index (χ1) is 4.93. The maximum absolute atomic E-state index is 8.27. The first-order valence-electron chi connectivity index (χ1n) is 3.63. The highest BCUT2D eigenvalue weighted by atomic mass is 16.5. The van der Waals surface area contributed by atoms with Crippen LogP contribution in [-0.4, -0.2) is 25.8 Å². The highest BCUT2D eigenvalue weighted by Gasteiger charge is 2.11. The SMILES string of the molecule is N#CCCC1CNCCO1. The molecule has 0 spiro atoms. The van der Waals surface area contributed by atoms with Crippen molar-refractivity contribution >= 4 is 0 Å². The van der Waals surface area contributed by atoms with E-state index in [1.54, 1.807) is 0 Å². The molecule has 1 aliphatic rings. The number of hydrogen-bond donors (Lipinski definition) is 1. The Balaban J connectivity index is 2.09. The van der Waals surface area contributed by atoms with E-state index in [-0.39, 0.29) is 6.10 Å². The van der Waals surface area contributed by atoms with Crippen LogP contribution in [0.3, 0.4) is 0 Å². The molecule has 0 radical (unpaired) electrons. The minimum atomic E-state index is 0.272. The number of ether oxygens (including phenoxy) is 1. The van der Waals surface area contributed by atoms with Gasteiger partial charge < -0.3 is 10.1 Å². The number of nitrogens with zero attached hydrogens (tertiary/aromatic N) is 1. The number of morpholine rings is 1. The normalized spacial score (nSPS) is 25.7. The second kappa shape index (κ2) is 4.26. The van der Waals surface area contributed by atoms with Crippen molar-refractivity contribution in [3.05, 3.63) is 0 Å². The fourth-order valence-corrected chi connectivity index (χ4v) is 1.03. The molecular weight excluding hydrogens is 128 g/mol. The third-order valence-corrected chi connectivity index (χ3v) is 1.58. The Morgan fingerprint density at radius 3 is 3.20 bits per heavy atom. The lowest BCUT2D eigenvalue weighted by Gasteiger charge is -2.22. The van der Waals surface area contributed by atoms with Gasteiger partial charge in [-0.1, -0.05) is 0 Å². The summed E-state index contributed by atoms with van der Waals surface area (Å²) in [5, 5.41) is 11.5. The first kappa shape index (κ1) is 7.52. The van der Waals surface area contributed by atoms with Gasteiger partial charge in [-0.15, -0.1) is 0 Å². The van der Waals surface area contributed by atoms with Gasteiger partial charge in [0.05, 0.1) is 18.8 Å². The highest BCUT2D eigenvalue weighted by molar-refractivity contribution is 4.75. The zero-order valence-corrected chi connectivity index (χ0v) is 5.97. The quantitative estimate of drug-likeness (QED) is 0.599. The van der Waals surface area contributed by atoms with Crippen molar-refractivity contribution in [3.63, 3.8) is 0 Å². The van der Waals surface area contributed by atoms with Gasteiger partial charge in [0.15, 0.2) is 0 Å². The van der Waals surface area contributed by atoms with Crippen LogP contribution in [0.1, 0.15) is 12.8 Å². The number of hydrogen-bond acceptors (Lipinski definition) is 3. The molecule has 1 unspecified atom stereocenters. The summed E-state index contributed by atoms with van der Waals surface area (Å²) < 4.78 is 5.37. The molecule has 0 aliphatic carbocycles. The van der Waals surface area contributed by atoms with Gasteiger partial charge >= 0.3 is 0 Å². The van der Waals surface area contributed by atoms with Crippen molar-refractivity contribution < 1.29 is 4.74 Å². The van der Waals surface area contributed by atoms with E-state index in [1.807, 2.05) is 0 Å². The lowest BCUT2D eigenvalue weighted by molar-refractivity contribution is 0.0245. The van der Waals surface area contributed by atoms with Crippen molar-refractivity contribution in [2.45, 2.75) is 18.9 Å². The summed E-state index contributed by atoms with van der Waals surface area (Å²) >= 11 is 0. The monoisotopic (exact) mass is 140 g/mol.